The fraction of sp³-hybridized carbons (Fsp3) is 0.394. The van der Waals surface area contributed by atoms with E-state index < -0.39 is 16.1 Å². The highest BCUT2D eigenvalue weighted by molar-refractivity contribution is 7.92. The van der Waals surface area contributed by atoms with Gasteiger partial charge in [-0.3, -0.25) is 13.9 Å². The molecule has 0 aliphatic carbocycles. The molecule has 1 unspecified atom stereocenters. The minimum atomic E-state index is -3.58. The van der Waals surface area contributed by atoms with Crippen LogP contribution in [0.1, 0.15) is 48.9 Å². The molecule has 0 saturated carbocycles. The summed E-state index contributed by atoms with van der Waals surface area (Å²) >= 11 is 6.50. The summed E-state index contributed by atoms with van der Waals surface area (Å²) in [6.45, 7) is 8.71. The van der Waals surface area contributed by atoms with Crippen molar-refractivity contribution in [1.29, 1.82) is 0 Å². The van der Waals surface area contributed by atoms with Gasteiger partial charge in [0.2, 0.25) is 21.8 Å². The normalized spacial score (nSPS) is 12.2. The van der Waals surface area contributed by atoms with Crippen LogP contribution in [-0.2, 0) is 32.6 Å². The maximum Gasteiger partial charge on any atom is 0.243 e. The largest absolute Gasteiger partial charge is 0.354 e. The van der Waals surface area contributed by atoms with E-state index in [9.17, 15) is 18.0 Å². The van der Waals surface area contributed by atoms with Gasteiger partial charge in [0.25, 0.3) is 0 Å². The van der Waals surface area contributed by atoms with Crippen LogP contribution in [0.2, 0.25) is 5.02 Å². The van der Waals surface area contributed by atoms with Gasteiger partial charge in [0.05, 0.1) is 11.9 Å². The molecule has 0 spiro atoms. The second-order valence-corrected chi connectivity index (χ2v) is 13.5. The lowest BCUT2D eigenvalue weighted by molar-refractivity contribution is -0.141. The molecule has 7 nitrogen and oxygen atoms in total. The van der Waals surface area contributed by atoms with Crippen molar-refractivity contribution in [2.75, 3.05) is 23.7 Å². The molecule has 42 heavy (non-hydrogen) atoms. The molecule has 0 fully saturated rings. The first kappa shape index (κ1) is 33.1. The predicted octanol–water partition coefficient (Wildman–Crippen LogP) is 5.92. The van der Waals surface area contributed by atoms with Gasteiger partial charge in [-0.1, -0.05) is 80.0 Å². The number of carbonyl (C=O) groups excluding carboxylic acids is 2. The first-order valence-corrected chi connectivity index (χ1v) is 16.5. The van der Waals surface area contributed by atoms with E-state index in [1.165, 1.54) is 10.6 Å². The lowest BCUT2D eigenvalue weighted by Crippen LogP contribution is -2.51. The molecule has 3 rings (SSSR count). The average Bonchev–Trinajstić information content (AvgIpc) is 2.94. The first-order chi connectivity index (χ1) is 19.9. The second kappa shape index (κ2) is 15.2. The van der Waals surface area contributed by atoms with Crippen molar-refractivity contribution < 1.29 is 18.0 Å². The Balaban J connectivity index is 1.89. The SMILES string of the molecule is Cc1ccc(N(CCCC(=O)N(Cc2ccccc2Cl)C(Cc2ccccc2)C(=O)NCC(C)C)S(C)(=O)=O)cc1C. The number of sulfonamides is 1. The van der Waals surface area contributed by atoms with Crippen LogP contribution in [-0.4, -0.2) is 50.5 Å². The van der Waals surface area contributed by atoms with Gasteiger partial charge in [0.15, 0.2) is 0 Å². The molecule has 2 amide bonds. The third kappa shape index (κ3) is 9.60. The second-order valence-electron chi connectivity index (χ2n) is 11.2. The Bertz CT molecular complexity index is 1460. The van der Waals surface area contributed by atoms with E-state index in [0.29, 0.717) is 23.7 Å². The van der Waals surface area contributed by atoms with E-state index in [4.69, 9.17) is 11.6 Å². The lowest BCUT2D eigenvalue weighted by Gasteiger charge is -2.32. The van der Waals surface area contributed by atoms with Crippen molar-refractivity contribution in [1.82, 2.24) is 10.2 Å². The Morgan fingerprint density at radius 2 is 1.60 bits per heavy atom. The van der Waals surface area contributed by atoms with Gasteiger partial charge in [-0.05, 0) is 66.6 Å². The number of halogens is 1. The fourth-order valence-corrected chi connectivity index (χ4v) is 5.82. The van der Waals surface area contributed by atoms with Crippen molar-refractivity contribution in [3.05, 3.63) is 100 Å². The van der Waals surface area contributed by atoms with E-state index in [-0.39, 0.29) is 43.7 Å². The third-order valence-corrected chi connectivity index (χ3v) is 8.75. The van der Waals surface area contributed by atoms with Crippen LogP contribution in [0.4, 0.5) is 5.69 Å². The number of nitrogens with one attached hydrogen (secondary N) is 1. The molecule has 0 saturated heterocycles. The molecular weight excluding hydrogens is 570 g/mol. The van der Waals surface area contributed by atoms with Gasteiger partial charge >= 0.3 is 0 Å². The highest BCUT2D eigenvalue weighted by atomic mass is 35.5. The Kier molecular flexibility index (Phi) is 12.0. The summed E-state index contributed by atoms with van der Waals surface area (Å²) in [4.78, 5) is 29.1. The number of rotatable bonds is 14. The third-order valence-electron chi connectivity index (χ3n) is 7.18. The van der Waals surface area contributed by atoms with Crippen molar-refractivity contribution in [3.8, 4) is 0 Å². The molecule has 0 aliphatic heterocycles. The summed E-state index contributed by atoms with van der Waals surface area (Å²) in [5, 5.41) is 3.52. The maximum absolute atomic E-state index is 13.9. The Morgan fingerprint density at radius 1 is 0.929 bits per heavy atom. The standard InChI is InChI=1S/C33H42ClN3O4S/c1-24(2)22-35-33(39)31(21-27-12-7-6-8-13-27)36(23-28-14-9-10-15-30(28)34)32(38)16-11-19-37(42(5,40)41)29-18-17-25(3)26(4)20-29/h6-10,12-15,17-18,20,24,31H,11,16,19,21-23H2,1-5H3,(H,35,39). The average molecular weight is 612 g/mol. The molecule has 0 radical (unpaired) electrons. The number of carbonyl (C=O) groups is 2. The van der Waals surface area contributed by atoms with Gasteiger partial charge in [0.1, 0.15) is 6.04 Å². The monoisotopic (exact) mass is 611 g/mol. The summed E-state index contributed by atoms with van der Waals surface area (Å²) in [5.41, 5.74) is 4.28. The summed E-state index contributed by atoms with van der Waals surface area (Å²) in [7, 11) is -3.58. The number of anilines is 1. The predicted molar refractivity (Wildman–Crippen MR) is 171 cm³/mol. The van der Waals surface area contributed by atoms with Crippen molar-refractivity contribution in [2.45, 2.75) is 59.5 Å². The molecule has 1 atom stereocenters. The maximum atomic E-state index is 13.9. The van der Waals surface area contributed by atoms with Crippen LogP contribution in [0.5, 0.6) is 0 Å². The minimum Gasteiger partial charge on any atom is -0.354 e. The fourth-order valence-electron chi connectivity index (χ4n) is 4.67. The van der Waals surface area contributed by atoms with Crippen LogP contribution >= 0.6 is 11.6 Å². The highest BCUT2D eigenvalue weighted by Crippen LogP contribution is 2.24. The lowest BCUT2D eigenvalue weighted by atomic mass is 10.0. The smallest absolute Gasteiger partial charge is 0.243 e. The Morgan fingerprint density at radius 3 is 2.21 bits per heavy atom. The Hall–Kier alpha value is -3.36. The van der Waals surface area contributed by atoms with Gasteiger partial charge in [-0.15, -0.1) is 0 Å². The van der Waals surface area contributed by atoms with E-state index in [1.807, 2.05) is 88.4 Å². The van der Waals surface area contributed by atoms with Crippen molar-refractivity contribution in [2.24, 2.45) is 5.92 Å². The number of aryl methyl sites for hydroxylation is 2. The molecule has 0 bridgehead atoms. The number of hydrogen-bond donors (Lipinski definition) is 1. The molecule has 1 N–H and O–H groups in total. The number of hydrogen-bond acceptors (Lipinski definition) is 4. The zero-order valence-electron chi connectivity index (χ0n) is 25.1. The van der Waals surface area contributed by atoms with E-state index in [1.54, 1.807) is 17.0 Å². The summed E-state index contributed by atoms with van der Waals surface area (Å²) in [6.07, 6.45) is 1.84. The van der Waals surface area contributed by atoms with Crippen LogP contribution in [0, 0.1) is 19.8 Å². The highest BCUT2D eigenvalue weighted by Gasteiger charge is 2.31. The van der Waals surface area contributed by atoms with Gasteiger partial charge < -0.3 is 10.2 Å². The topological polar surface area (TPSA) is 86.8 Å². The molecule has 226 valence electrons. The van der Waals surface area contributed by atoms with Gasteiger partial charge in [-0.25, -0.2) is 8.42 Å². The van der Waals surface area contributed by atoms with Crippen LogP contribution < -0.4 is 9.62 Å². The van der Waals surface area contributed by atoms with Crippen LogP contribution in [0.15, 0.2) is 72.8 Å². The van der Waals surface area contributed by atoms with Crippen molar-refractivity contribution in [3.63, 3.8) is 0 Å². The minimum absolute atomic E-state index is 0.0596. The van der Waals surface area contributed by atoms with Crippen LogP contribution in [0.25, 0.3) is 0 Å². The molecule has 3 aromatic rings. The van der Waals surface area contributed by atoms with Crippen LogP contribution in [0.3, 0.4) is 0 Å². The Labute approximate surface area is 255 Å². The molecule has 0 heterocycles. The quantitative estimate of drug-likeness (QED) is 0.245. The first-order valence-electron chi connectivity index (χ1n) is 14.3. The summed E-state index contributed by atoms with van der Waals surface area (Å²) in [6, 6.07) is 21.6. The summed E-state index contributed by atoms with van der Waals surface area (Å²) < 4.78 is 26.7. The molecular formula is C33H42ClN3O4S. The number of benzene rings is 3. The summed E-state index contributed by atoms with van der Waals surface area (Å²) in [5.74, 6) is -0.239. The molecule has 0 aliphatic rings. The number of nitrogens with zero attached hydrogens (tertiary/aromatic N) is 2. The zero-order chi connectivity index (χ0) is 30.9. The molecule has 9 heteroatoms. The van der Waals surface area contributed by atoms with Gasteiger partial charge in [-0.2, -0.15) is 0 Å². The van der Waals surface area contributed by atoms with Gasteiger partial charge in [0, 0.05) is 37.5 Å². The molecule has 3 aromatic carbocycles. The van der Waals surface area contributed by atoms with E-state index in [2.05, 4.69) is 5.32 Å². The zero-order valence-corrected chi connectivity index (χ0v) is 26.7. The van der Waals surface area contributed by atoms with E-state index >= 15 is 0 Å². The molecule has 0 aromatic heterocycles. The van der Waals surface area contributed by atoms with Crippen molar-refractivity contribution >= 4 is 39.1 Å². The number of amides is 2. The van der Waals surface area contributed by atoms with E-state index in [0.717, 1.165) is 22.3 Å².